The molecule has 1 N–H and O–H groups in total. The normalized spacial score (nSPS) is 29.2. The second kappa shape index (κ2) is 5.01. The third kappa shape index (κ3) is 2.50. The molecule has 96 valence electrons. The molecule has 3 atom stereocenters. The van der Waals surface area contributed by atoms with Crippen molar-refractivity contribution in [1.29, 1.82) is 0 Å². The Bertz CT molecular complexity index is 418. The van der Waals surface area contributed by atoms with Gasteiger partial charge in [0.25, 0.3) is 0 Å². The summed E-state index contributed by atoms with van der Waals surface area (Å²) in [4.78, 5) is 11.7. The summed E-state index contributed by atoms with van der Waals surface area (Å²) in [6.07, 6.45) is 4.79. The zero-order chi connectivity index (χ0) is 12.4. The van der Waals surface area contributed by atoms with Gasteiger partial charge < -0.3 is 10.1 Å². The standard InChI is InChI=1S/C15H19NO2/c17-15(18-10-11-4-2-1-3-5-11)16-14-9-12-6-7-13(14)8-12/h1-5,12-14H,6-10H2,(H,16,17)/t12-,13+,14-/m1/s1. The van der Waals surface area contributed by atoms with E-state index < -0.39 is 0 Å². The van der Waals surface area contributed by atoms with E-state index in [0.717, 1.165) is 17.9 Å². The number of nitrogens with one attached hydrogen (secondary N) is 1. The number of hydrogen-bond donors (Lipinski definition) is 1. The molecule has 2 fully saturated rings. The van der Waals surface area contributed by atoms with Gasteiger partial charge >= 0.3 is 6.09 Å². The smallest absolute Gasteiger partial charge is 0.407 e. The van der Waals surface area contributed by atoms with Gasteiger partial charge in [-0.15, -0.1) is 0 Å². The highest BCUT2D eigenvalue weighted by molar-refractivity contribution is 5.67. The SMILES string of the molecule is O=C(N[C@@H]1C[C@@H]2CC[C@H]1C2)OCc1ccccc1. The van der Waals surface area contributed by atoms with Gasteiger partial charge in [-0.25, -0.2) is 4.79 Å². The van der Waals surface area contributed by atoms with Gasteiger partial charge in [0, 0.05) is 6.04 Å². The lowest BCUT2D eigenvalue weighted by Gasteiger charge is -2.22. The summed E-state index contributed by atoms with van der Waals surface area (Å²) in [5, 5.41) is 3.02. The van der Waals surface area contributed by atoms with Crippen LogP contribution in [0.3, 0.4) is 0 Å². The first-order valence-corrected chi connectivity index (χ1v) is 6.78. The Hall–Kier alpha value is -1.51. The minimum atomic E-state index is -0.267. The number of benzene rings is 1. The molecule has 3 nitrogen and oxygen atoms in total. The first-order valence-electron chi connectivity index (χ1n) is 6.78. The first-order chi connectivity index (χ1) is 8.81. The van der Waals surface area contributed by atoms with Gasteiger partial charge in [-0.2, -0.15) is 0 Å². The van der Waals surface area contributed by atoms with Crippen molar-refractivity contribution in [2.45, 2.75) is 38.3 Å². The van der Waals surface area contributed by atoms with Crippen molar-refractivity contribution in [2.75, 3.05) is 0 Å². The fourth-order valence-electron chi connectivity index (χ4n) is 3.34. The molecule has 0 spiro atoms. The van der Waals surface area contributed by atoms with Crippen LogP contribution in [0, 0.1) is 11.8 Å². The molecule has 0 aromatic heterocycles. The summed E-state index contributed by atoms with van der Waals surface area (Å²) in [6.45, 7) is 0.355. The number of fused-ring (bicyclic) bond motifs is 2. The van der Waals surface area contributed by atoms with Crippen LogP contribution in [0.5, 0.6) is 0 Å². The van der Waals surface area contributed by atoms with Crippen molar-refractivity contribution in [3.05, 3.63) is 35.9 Å². The minimum Gasteiger partial charge on any atom is -0.445 e. The number of carbonyl (C=O) groups is 1. The first kappa shape index (κ1) is 11.6. The van der Waals surface area contributed by atoms with Gasteiger partial charge in [-0.05, 0) is 36.7 Å². The molecule has 0 aliphatic heterocycles. The van der Waals surface area contributed by atoms with Gasteiger partial charge in [0.1, 0.15) is 6.61 Å². The van der Waals surface area contributed by atoms with Crippen molar-refractivity contribution < 1.29 is 9.53 Å². The van der Waals surface area contributed by atoms with Crippen molar-refractivity contribution >= 4 is 6.09 Å². The third-order valence-corrected chi connectivity index (χ3v) is 4.25. The highest BCUT2D eigenvalue weighted by atomic mass is 16.5. The average Bonchev–Trinajstić information content (AvgIpc) is 3.00. The quantitative estimate of drug-likeness (QED) is 0.888. The molecule has 18 heavy (non-hydrogen) atoms. The van der Waals surface area contributed by atoms with E-state index in [1.807, 2.05) is 30.3 Å². The summed E-state index contributed by atoms with van der Waals surface area (Å²) in [5.41, 5.74) is 1.03. The molecule has 1 amide bonds. The molecule has 2 bridgehead atoms. The number of rotatable bonds is 3. The topological polar surface area (TPSA) is 38.3 Å². The van der Waals surface area contributed by atoms with E-state index in [-0.39, 0.29) is 6.09 Å². The highest BCUT2D eigenvalue weighted by Gasteiger charge is 2.40. The molecule has 3 rings (SSSR count). The summed E-state index contributed by atoms with van der Waals surface area (Å²) in [6, 6.07) is 10.1. The Balaban J connectivity index is 1.45. The Labute approximate surface area is 108 Å². The van der Waals surface area contributed by atoms with E-state index >= 15 is 0 Å². The zero-order valence-electron chi connectivity index (χ0n) is 10.5. The zero-order valence-corrected chi connectivity index (χ0v) is 10.5. The Morgan fingerprint density at radius 1 is 1.22 bits per heavy atom. The molecular formula is C15H19NO2. The molecule has 0 radical (unpaired) electrons. The second-order valence-corrected chi connectivity index (χ2v) is 5.49. The number of ether oxygens (including phenoxy) is 1. The Kier molecular flexibility index (Phi) is 3.22. The molecular weight excluding hydrogens is 226 g/mol. The molecule has 0 unspecified atom stereocenters. The fourth-order valence-corrected chi connectivity index (χ4v) is 3.34. The maximum Gasteiger partial charge on any atom is 0.407 e. The maximum absolute atomic E-state index is 11.7. The largest absolute Gasteiger partial charge is 0.445 e. The van der Waals surface area contributed by atoms with E-state index in [9.17, 15) is 4.79 Å². The van der Waals surface area contributed by atoms with Crippen LogP contribution >= 0.6 is 0 Å². The lowest BCUT2D eigenvalue weighted by Crippen LogP contribution is -2.38. The molecule has 0 saturated heterocycles. The average molecular weight is 245 g/mol. The summed E-state index contributed by atoms with van der Waals surface area (Å²) < 4.78 is 5.25. The summed E-state index contributed by atoms with van der Waals surface area (Å²) in [5.74, 6) is 1.54. The van der Waals surface area contributed by atoms with Crippen molar-refractivity contribution in [1.82, 2.24) is 5.32 Å². The number of hydrogen-bond acceptors (Lipinski definition) is 2. The van der Waals surface area contributed by atoms with Crippen LogP contribution in [0.15, 0.2) is 30.3 Å². The molecule has 2 aliphatic carbocycles. The molecule has 3 heteroatoms. The van der Waals surface area contributed by atoms with E-state index in [0.29, 0.717) is 18.6 Å². The lowest BCUT2D eigenvalue weighted by atomic mass is 9.96. The maximum atomic E-state index is 11.7. The number of amides is 1. The fraction of sp³-hybridized carbons (Fsp3) is 0.533. The van der Waals surface area contributed by atoms with E-state index in [1.165, 1.54) is 19.3 Å². The second-order valence-electron chi connectivity index (χ2n) is 5.49. The van der Waals surface area contributed by atoms with Crippen LogP contribution in [-0.2, 0) is 11.3 Å². The van der Waals surface area contributed by atoms with E-state index in [4.69, 9.17) is 4.74 Å². The van der Waals surface area contributed by atoms with Gasteiger partial charge in [0.2, 0.25) is 0 Å². The molecule has 2 saturated carbocycles. The Morgan fingerprint density at radius 2 is 2.06 bits per heavy atom. The van der Waals surface area contributed by atoms with Crippen LogP contribution in [0.4, 0.5) is 4.79 Å². The number of alkyl carbamates (subject to hydrolysis) is 1. The van der Waals surface area contributed by atoms with E-state index in [2.05, 4.69) is 5.32 Å². The van der Waals surface area contributed by atoms with Crippen molar-refractivity contribution in [3.8, 4) is 0 Å². The van der Waals surface area contributed by atoms with Crippen LogP contribution in [-0.4, -0.2) is 12.1 Å². The van der Waals surface area contributed by atoms with Crippen LogP contribution in [0.25, 0.3) is 0 Å². The van der Waals surface area contributed by atoms with Gasteiger partial charge in [0.15, 0.2) is 0 Å². The summed E-state index contributed by atoms with van der Waals surface area (Å²) >= 11 is 0. The van der Waals surface area contributed by atoms with Gasteiger partial charge in [-0.1, -0.05) is 36.8 Å². The third-order valence-electron chi connectivity index (χ3n) is 4.25. The van der Waals surface area contributed by atoms with Crippen LogP contribution in [0.1, 0.15) is 31.2 Å². The number of carbonyl (C=O) groups excluding carboxylic acids is 1. The Morgan fingerprint density at radius 3 is 2.72 bits per heavy atom. The van der Waals surface area contributed by atoms with Crippen molar-refractivity contribution in [2.24, 2.45) is 11.8 Å². The molecule has 0 heterocycles. The lowest BCUT2D eigenvalue weighted by molar-refractivity contribution is 0.131. The van der Waals surface area contributed by atoms with Crippen molar-refractivity contribution in [3.63, 3.8) is 0 Å². The molecule has 1 aromatic carbocycles. The van der Waals surface area contributed by atoms with Crippen LogP contribution < -0.4 is 5.32 Å². The molecule has 1 aromatic rings. The predicted octanol–water partition coefficient (Wildman–Crippen LogP) is 3.10. The summed E-state index contributed by atoms with van der Waals surface area (Å²) in [7, 11) is 0. The van der Waals surface area contributed by atoms with Crippen LogP contribution in [0.2, 0.25) is 0 Å². The predicted molar refractivity (Wildman–Crippen MR) is 69.0 cm³/mol. The van der Waals surface area contributed by atoms with E-state index in [1.54, 1.807) is 0 Å². The minimum absolute atomic E-state index is 0.267. The highest BCUT2D eigenvalue weighted by Crippen LogP contribution is 2.44. The van der Waals surface area contributed by atoms with Gasteiger partial charge in [-0.3, -0.25) is 0 Å². The monoisotopic (exact) mass is 245 g/mol. The molecule has 2 aliphatic rings. The van der Waals surface area contributed by atoms with Gasteiger partial charge in [0.05, 0.1) is 0 Å².